The van der Waals surface area contributed by atoms with Crippen molar-refractivity contribution in [1.82, 2.24) is 4.98 Å². The monoisotopic (exact) mass is 387 g/mol. The van der Waals surface area contributed by atoms with Gasteiger partial charge in [0.2, 0.25) is 5.13 Å². The second-order valence-electron chi connectivity index (χ2n) is 5.45. The Kier molecular flexibility index (Phi) is 5.34. The number of nitrogens with one attached hydrogen (secondary N) is 1. The number of nitrogens with zero attached hydrogens (tertiary/aromatic N) is 2. The fraction of sp³-hybridized carbons (Fsp3) is 0.111. The molecule has 0 aliphatic heterocycles. The second-order valence-corrected chi connectivity index (χ2v) is 8.20. The normalized spacial score (nSPS) is 11.6. The van der Waals surface area contributed by atoms with Gasteiger partial charge >= 0.3 is 10.1 Å². The standard InChI is InChI=1S/C18H17N3O3S2/c1-13-14(2)25-18(20-13)21-19-12-15-8-10-16(11-9-15)24-26(22,23)17-6-4-3-5-7-17/h3-12H,1-2H3,(H,20,21). The fourth-order valence-electron chi connectivity index (χ4n) is 2.05. The minimum absolute atomic E-state index is 0.115. The van der Waals surface area contributed by atoms with E-state index in [2.05, 4.69) is 15.5 Å². The first kappa shape index (κ1) is 18.1. The van der Waals surface area contributed by atoms with Crippen molar-refractivity contribution in [2.45, 2.75) is 18.7 Å². The summed E-state index contributed by atoms with van der Waals surface area (Å²) in [5.41, 5.74) is 4.66. The number of aromatic nitrogens is 1. The molecule has 0 saturated carbocycles. The van der Waals surface area contributed by atoms with E-state index in [4.69, 9.17) is 4.18 Å². The van der Waals surface area contributed by atoms with Crippen LogP contribution in [0.15, 0.2) is 64.6 Å². The Balaban J connectivity index is 1.64. The largest absolute Gasteiger partial charge is 0.379 e. The topological polar surface area (TPSA) is 80.7 Å². The quantitative estimate of drug-likeness (QED) is 0.393. The molecular weight excluding hydrogens is 370 g/mol. The zero-order chi connectivity index (χ0) is 18.6. The van der Waals surface area contributed by atoms with E-state index in [1.807, 2.05) is 13.8 Å². The summed E-state index contributed by atoms with van der Waals surface area (Å²) in [7, 11) is -3.83. The molecule has 0 saturated heterocycles. The highest BCUT2D eigenvalue weighted by molar-refractivity contribution is 7.87. The number of hydrogen-bond donors (Lipinski definition) is 1. The molecular formula is C18H17N3O3S2. The molecule has 1 aromatic heterocycles. The molecule has 0 atom stereocenters. The molecule has 0 spiro atoms. The predicted molar refractivity (Wildman–Crippen MR) is 104 cm³/mol. The first-order chi connectivity index (χ1) is 12.4. The smallest absolute Gasteiger partial charge is 0.339 e. The minimum Gasteiger partial charge on any atom is -0.379 e. The van der Waals surface area contributed by atoms with Crippen LogP contribution in [0, 0.1) is 13.8 Å². The van der Waals surface area contributed by atoms with Crippen LogP contribution < -0.4 is 9.61 Å². The van der Waals surface area contributed by atoms with Crippen LogP contribution in [0.2, 0.25) is 0 Å². The van der Waals surface area contributed by atoms with Crippen LogP contribution in [0.1, 0.15) is 16.1 Å². The van der Waals surface area contributed by atoms with Gasteiger partial charge in [0.1, 0.15) is 10.6 Å². The van der Waals surface area contributed by atoms with Gasteiger partial charge < -0.3 is 4.18 Å². The molecule has 0 aliphatic rings. The molecule has 3 rings (SSSR count). The van der Waals surface area contributed by atoms with E-state index in [9.17, 15) is 8.42 Å². The SMILES string of the molecule is Cc1nc(NN=Cc2ccc(OS(=O)(=O)c3ccccc3)cc2)sc1C. The highest BCUT2D eigenvalue weighted by Gasteiger charge is 2.15. The van der Waals surface area contributed by atoms with Crippen molar-refractivity contribution in [2.75, 3.05) is 5.43 Å². The van der Waals surface area contributed by atoms with Gasteiger partial charge in [0, 0.05) is 4.88 Å². The third-order valence-corrected chi connectivity index (χ3v) is 5.76. The Bertz CT molecular complexity index is 992. The Morgan fingerprint density at radius 1 is 1.08 bits per heavy atom. The highest BCUT2D eigenvalue weighted by Crippen LogP contribution is 2.21. The lowest BCUT2D eigenvalue weighted by atomic mass is 10.2. The van der Waals surface area contributed by atoms with Crippen LogP contribution in [0.3, 0.4) is 0 Å². The molecule has 0 bridgehead atoms. The second kappa shape index (κ2) is 7.67. The third-order valence-electron chi connectivity index (χ3n) is 3.52. The van der Waals surface area contributed by atoms with Crippen LogP contribution in [0.25, 0.3) is 0 Å². The molecule has 2 aromatic carbocycles. The van der Waals surface area contributed by atoms with Crippen LogP contribution >= 0.6 is 11.3 Å². The molecule has 3 aromatic rings. The average Bonchev–Trinajstić information content (AvgIpc) is 2.95. The molecule has 0 radical (unpaired) electrons. The first-order valence-electron chi connectivity index (χ1n) is 7.77. The van der Waals surface area contributed by atoms with Gasteiger partial charge in [0.25, 0.3) is 0 Å². The molecule has 134 valence electrons. The third kappa shape index (κ3) is 4.47. The lowest BCUT2D eigenvalue weighted by Crippen LogP contribution is -2.09. The molecule has 0 fully saturated rings. The molecule has 0 aliphatic carbocycles. The Morgan fingerprint density at radius 3 is 2.38 bits per heavy atom. The summed E-state index contributed by atoms with van der Waals surface area (Å²) in [4.78, 5) is 5.59. The van der Waals surface area contributed by atoms with Crippen molar-refractivity contribution < 1.29 is 12.6 Å². The van der Waals surface area contributed by atoms with Crippen molar-refractivity contribution >= 4 is 32.8 Å². The minimum atomic E-state index is -3.83. The van der Waals surface area contributed by atoms with Gasteiger partial charge in [-0.2, -0.15) is 13.5 Å². The molecule has 0 unspecified atom stereocenters. The molecule has 6 nitrogen and oxygen atoms in total. The van der Waals surface area contributed by atoms with E-state index in [-0.39, 0.29) is 10.6 Å². The van der Waals surface area contributed by atoms with E-state index in [1.165, 1.54) is 23.5 Å². The van der Waals surface area contributed by atoms with Gasteiger partial charge in [0.15, 0.2) is 0 Å². The summed E-state index contributed by atoms with van der Waals surface area (Å²) in [5, 5.41) is 4.86. The van der Waals surface area contributed by atoms with Gasteiger partial charge in [-0.1, -0.05) is 18.2 Å². The number of hydrogen-bond acceptors (Lipinski definition) is 7. The number of hydrazone groups is 1. The summed E-state index contributed by atoms with van der Waals surface area (Å²) in [5.74, 6) is 0.241. The van der Waals surface area contributed by atoms with Crippen molar-refractivity contribution in [3.63, 3.8) is 0 Å². The summed E-state index contributed by atoms with van der Waals surface area (Å²) in [6.45, 7) is 3.95. The van der Waals surface area contributed by atoms with Crippen LogP contribution in [0.4, 0.5) is 5.13 Å². The molecule has 1 heterocycles. The number of aryl methyl sites for hydroxylation is 2. The lowest BCUT2D eigenvalue weighted by Gasteiger charge is -2.06. The number of benzene rings is 2. The summed E-state index contributed by atoms with van der Waals surface area (Å²) >= 11 is 1.53. The molecule has 8 heteroatoms. The Labute approximate surface area is 156 Å². The number of anilines is 1. The summed E-state index contributed by atoms with van der Waals surface area (Å²) < 4.78 is 29.5. The molecule has 26 heavy (non-hydrogen) atoms. The van der Waals surface area contributed by atoms with Gasteiger partial charge in [0.05, 0.1) is 11.9 Å². The first-order valence-corrected chi connectivity index (χ1v) is 9.99. The fourth-order valence-corrected chi connectivity index (χ4v) is 3.77. The van der Waals surface area contributed by atoms with Crippen LogP contribution in [0.5, 0.6) is 5.75 Å². The van der Waals surface area contributed by atoms with Gasteiger partial charge in [-0.05, 0) is 55.8 Å². The van der Waals surface area contributed by atoms with E-state index in [1.54, 1.807) is 48.7 Å². The zero-order valence-electron chi connectivity index (χ0n) is 14.2. The van der Waals surface area contributed by atoms with E-state index >= 15 is 0 Å². The maximum atomic E-state index is 12.2. The highest BCUT2D eigenvalue weighted by atomic mass is 32.2. The van der Waals surface area contributed by atoms with Gasteiger partial charge in [-0.3, -0.25) is 5.43 Å². The van der Waals surface area contributed by atoms with Crippen molar-refractivity contribution in [3.8, 4) is 5.75 Å². The average molecular weight is 387 g/mol. The van der Waals surface area contributed by atoms with E-state index in [0.29, 0.717) is 0 Å². The predicted octanol–water partition coefficient (Wildman–Crippen LogP) is 3.97. The van der Waals surface area contributed by atoms with E-state index in [0.717, 1.165) is 21.3 Å². The Morgan fingerprint density at radius 2 is 1.77 bits per heavy atom. The van der Waals surface area contributed by atoms with Gasteiger partial charge in [-0.25, -0.2) is 4.98 Å². The molecule has 1 N–H and O–H groups in total. The lowest BCUT2D eigenvalue weighted by molar-refractivity contribution is 0.486. The number of rotatable bonds is 6. The van der Waals surface area contributed by atoms with Crippen molar-refractivity contribution in [2.24, 2.45) is 5.10 Å². The van der Waals surface area contributed by atoms with Crippen LogP contribution in [-0.2, 0) is 10.1 Å². The number of thiazole rings is 1. The maximum absolute atomic E-state index is 12.2. The van der Waals surface area contributed by atoms with E-state index < -0.39 is 10.1 Å². The van der Waals surface area contributed by atoms with Crippen molar-refractivity contribution in [3.05, 3.63) is 70.7 Å². The summed E-state index contributed by atoms with van der Waals surface area (Å²) in [6.07, 6.45) is 1.63. The van der Waals surface area contributed by atoms with Crippen LogP contribution in [-0.4, -0.2) is 19.6 Å². The maximum Gasteiger partial charge on any atom is 0.339 e. The summed E-state index contributed by atoms with van der Waals surface area (Å²) in [6, 6.07) is 14.6. The van der Waals surface area contributed by atoms with Gasteiger partial charge in [-0.15, -0.1) is 11.3 Å². The van der Waals surface area contributed by atoms with Crippen molar-refractivity contribution in [1.29, 1.82) is 0 Å². The molecule has 0 amide bonds. The Hall–Kier alpha value is -2.71. The zero-order valence-corrected chi connectivity index (χ0v) is 15.8.